The van der Waals surface area contributed by atoms with E-state index in [1.165, 1.54) is 22.0 Å². The third-order valence-corrected chi connectivity index (χ3v) is 5.04. The minimum absolute atomic E-state index is 0. The zero-order valence-electron chi connectivity index (χ0n) is 17.7. The number of halogens is 1. The zero-order valence-corrected chi connectivity index (χ0v) is 20.0. The van der Waals surface area contributed by atoms with Gasteiger partial charge in [-0.05, 0) is 51.2 Å². The van der Waals surface area contributed by atoms with Gasteiger partial charge in [-0.2, -0.15) is 0 Å². The summed E-state index contributed by atoms with van der Waals surface area (Å²) in [4.78, 5) is 12.4. The summed E-state index contributed by atoms with van der Waals surface area (Å²) in [7, 11) is 0. The smallest absolute Gasteiger partial charge is 0.191 e. The van der Waals surface area contributed by atoms with Crippen molar-refractivity contribution in [3.63, 3.8) is 0 Å². The van der Waals surface area contributed by atoms with E-state index in [4.69, 9.17) is 4.99 Å². The van der Waals surface area contributed by atoms with Gasteiger partial charge in [0.1, 0.15) is 5.82 Å². The molecular formula is C22H33IN6. The Morgan fingerprint density at radius 1 is 1.21 bits per heavy atom. The van der Waals surface area contributed by atoms with Gasteiger partial charge >= 0.3 is 0 Å². The molecule has 0 aliphatic rings. The fraction of sp³-hybridized carbons (Fsp3) is 0.455. The van der Waals surface area contributed by atoms with Crippen LogP contribution in [0, 0.1) is 13.8 Å². The maximum atomic E-state index is 4.71. The second-order valence-corrected chi connectivity index (χ2v) is 7.12. The molecule has 3 N–H and O–H groups in total. The van der Waals surface area contributed by atoms with Crippen molar-refractivity contribution in [2.24, 2.45) is 4.99 Å². The van der Waals surface area contributed by atoms with Gasteiger partial charge in [0.2, 0.25) is 0 Å². The van der Waals surface area contributed by atoms with E-state index in [1.807, 2.05) is 19.3 Å². The van der Waals surface area contributed by atoms with Gasteiger partial charge in [-0.3, -0.25) is 4.99 Å². The van der Waals surface area contributed by atoms with Crippen molar-refractivity contribution in [2.45, 2.75) is 46.6 Å². The summed E-state index contributed by atoms with van der Waals surface area (Å²) in [5.74, 6) is 1.98. The van der Waals surface area contributed by atoms with Crippen LogP contribution in [0.3, 0.4) is 0 Å². The first-order chi connectivity index (χ1) is 13.7. The first-order valence-electron chi connectivity index (χ1n) is 10.2. The SMILES string of the molecule is CCNC(=NCCCCn1ccnc1C)NCCc1c[nH]c2c(C)cccc12.I. The molecule has 29 heavy (non-hydrogen) atoms. The number of aromatic nitrogens is 3. The molecule has 0 unspecified atom stereocenters. The molecule has 0 bridgehead atoms. The molecule has 0 saturated heterocycles. The predicted octanol–water partition coefficient (Wildman–Crippen LogP) is 4.18. The number of nitrogens with zero attached hydrogens (tertiary/aromatic N) is 3. The Morgan fingerprint density at radius 2 is 2.07 bits per heavy atom. The van der Waals surface area contributed by atoms with Crippen LogP contribution < -0.4 is 10.6 Å². The minimum Gasteiger partial charge on any atom is -0.361 e. The number of aryl methyl sites for hydroxylation is 3. The van der Waals surface area contributed by atoms with E-state index in [9.17, 15) is 0 Å². The van der Waals surface area contributed by atoms with Crippen LogP contribution >= 0.6 is 24.0 Å². The molecule has 6 nitrogen and oxygen atoms in total. The lowest BCUT2D eigenvalue weighted by molar-refractivity contribution is 0.600. The van der Waals surface area contributed by atoms with Gasteiger partial charge in [0.25, 0.3) is 0 Å². The van der Waals surface area contributed by atoms with Crippen molar-refractivity contribution in [3.05, 3.63) is 53.7 Å². The maximum Gasteiger partial charge on any atom is 0.191 e. The molecule has 0 saturated carbocycles. The van der Waals surface area contributed by atoms with Crippen molar-refractivity contribution in [1.29, 1.82) is 0 Å². The second kappa shape index (κ2) is 11.8. The summed E-state index contributed by atoms with van der Waals surface area (Å²) in [5.41, 5.74) is 3.88. The summed E-state index contributed by atoms with van der Waals surface area (Å²) in [6.45, 7) is 9.85. The number of para-hydroxylation sites is 1. The summed E-state index contributed by atoms with van der Waals surface area (Å²) >= 11 is 0. The number of fused-ring (bicyclic) bond motifs is 1. The van der Waals surface area contributed by atoms with Crippen molar-refractivity contribution in [2.75, 3.05) is 19.6 Å². The van der Waals surface area contributed by atoms with Gasteiger partial charge < -0.3 is 20.2 Å². The predicted molar refractivity (Wildman–Crippen MR) is 132 cm³/mol. The Balaban J connectivity index is 0.00000300. The van der Waals surface area contributed by atoms with Gasteiger partial charge in [-0.1, -0.05) is 18.2 Å². The lowest BCUT2D eigenvalue weighted by Gasteiger charge is -2.11. The van der Waals surface area contributed by atoms with Crippen molar-refractivity contribution < 1.29 is 0 Å². The third kappa shape index (κ3) is 6.48. The third-order valence-electron chi connectivity index (χ3n) is 5.04. The Hall–Kier alpha value is -2.03. The number of aliphatic imine (C=N–C) groups is 1. The average Bonchev–Trinajstić information content (AvgIpc) is 3.29. The Kier molecular flexibility index (Phi) is 9.50. The molecule has 1 aromatic carbocycles. The van der Waals surface area contributed by atoms with E-state index in [2.05, 4.69) is 63.4 Å². The largest absolute Gasteiger partial charge is 0.361 e. The van der Waals surface area contributed by atoms with E-state index in [-0.39, 0.29) is 24.0 Å². The van der Waals surface area contributed by atoms with Gasteiger partial charge in [0.15, 0.2) is 5.96 Å². The molecule has 3 rings (SSSR count). The highest BCUT2D eigenvalue weighted by Gasteiger charge is 2.05. The highest BCUT2D eigenvalue weighted by Crippen LogP contribution is 2.21. The van der Waals surface area contributed by atoms with E-state index in [0.717, 1.165) is 57.2 Å². The quantitative estimate of drug-likeness (QED) is 0.176. The lowest BCUT2D eigenvalue weighted by atomic mass is 10.1. The van der Waals surface area contributed by atoms with E-state index >= 15 is 0 Å². The Bertz CT molecular complexity index is 911. The fourth-order valence-corrected chi connectivity index (χ4v) is 3.45. The van der Waals surface area contributed by atoms with Crippen LogP contribution in [0.4, 0.5) is 0 Å². The molecule has 7 heteroatoms. The van der Waals surface area contributed by atoms with E-state index in [1.54, 1.807) is 0 Å². The normalized spacial score (nSPS) is 11.5. The highest BCUT2D eigenvalue weighted by molar-refractivity contribution is 14.0. The molecule has 0 spiro atoms. The van der Waals surface area contributed by atoms with Crippen LogP contribution in [0.25, 0.3) is 10.9 Å². The summed E-state index contributed by atoms with van der Waals surface area (Å²) < 4.78 is 2.19. The molecule has 0 amide bonds. The van der Waals surface area contributed by atoms with Crippen LogP contribution in [0.1, 0.15) is 36.7 Å². The maximum absolute atomic E-state index is 4.71. The molecule has 0 radical (unpaired) electrons. The summed E-state index contributed by atoms with van der Waals surface area (Å²) in [6.07, 6.45) is 9.16. The first-order valence-corrected chi connectivity index (χ1v) is 10.2. The van der Waals surface area contributed by atoms with E-state index in [0.29, 0.717) is 0 Å². The molecule has 0 fully saturated rings. The second-order valence-electron chi connectivity index (χ2n) is 7.12. The fourth-order valence-electron chi connectivity index (χ4n) is 3.45. The molecule has 2 aromatic heterocycles. The molecule has 0 atom stereocenters. The molecule has 158 valence electrons. The molecule has 0 aliphatic carbocycles. The summed E-state index contributed by atoms with van der Waals surface area (Å²) in [6, 6.07) is 6.46. The topological polar surface area (TPSA) is 70.0 Å². The van der Waals surface area contributed by atoms with Crippen LogP contribution in [0.5, 0.6) is 0 Å². The first kappa shape index (κ1) is 23.3. The van der Waals surface area contributed by atoms with Crippen LogP contribution in [0.2, 0.25) is 0 Å². The van der Waals surface area contributed by atoms with Crippen LogP contribution in [-0.4, -0.2) is 40.1 Å². The average molecular weight is 508 g/mol. The van der Waals surface area contributed by atoms with Crippen molar-refractivity contribution in [3.8, 4) is 0 Å². The highest BCUT2D eigenvalue weighted by atomic mass is 127. The zero-order chi connectivity index (χ0) is 19.8. The molecule has 0 aliphatic heterocycles. The van der Waals surface area contributed by atoms with E-state index < -0.39 is 0 Å². The van der Waals surface area contributed by atoms with Gasteiger partial charge in [0.05, 0.1) is 0 Å². The number of aromatic amines is 1. The van der Waals surface area contributed by atoms with Gasteiger partial charge in [-0.15, -0.1) is 24.0 Å². The van der Waals surface area contributed by atoms with Crippen molar-refractivity contribution in [1.82, 2.24) is 25.2 Å². The number of benzene rings is 1. The van der Waals surface area contributed by atoms with Crippen LogP contribution in [0.15, 0.2) is 41.8 Å². The number of hydrogen-bond acceptors (Lipinski definition) is 2. The number of imidazole rings is 1. The number of unbranched alkanes of at least 4 members (excludes halogenated alkanes) is 1. The number of nitrogens with one attached hydrogen (secondary N) is 3. The molecule has 3 aromatic rings. The summed E-state index contributed by atoms with van der Waals surface area (Å²) in [5, 5.41) is 8.12. The lowest BCUT2D eigenvalue weighted by Crippen LogP contribution is -2.38. The van der Waals surface area contributed by atoms with Gasteiger partial charge in [0, 0.05) is 55.7 Å². The monoisotopic (exact) mass is 508 g/mol. The van der Waals surface area contributed by atoms with Crippen LogP contribution in [-0.2, 0) is 13.0 Å². The van der Waals surface area contributed by atoms with Crippen molar-refractivity contribution >= 4 is 40.8 Å². The number of guanidine groups is 1. The number of hydrogen-bond donors (Lipinski definition) is 3. The minimum atomic E-state index is 0. The van der Waals surface area contributed by atoms with Gasteiger partial charge in [-0.25, -0.2) is 4.98 Å². The number of H-pyrrole nitrogens is 1. The number of rotatable bonds is 9. The molecular weight excluding hydrogens is 475 g/mol. The Labute approximate surface area is 190 Å². The standard InChI is InChI=1S/C22H32N6.HI/c1-4-23-22(25-11-5-6-14-28-15-13-24-18(28)3)26-12-10-19-16-27-21-17(2)8-7-9-20(19)21;/h7-9,13,15-16,27H,4-6,10-12,14H2,1-3H3,(H2,23,25,26);1H. The molecule has 2 heterocycles. The Morgan fingerprint density at radius 3 is 2.83 bits per heavy atom.